The van der Waals surface area contributed by atoms with Crippen molar-refractivity contribution in [3.8, 4) is 0 Å². The molecule has 0 unspecified atom stereocenters. The van der Waals surface area contributed by atoms with Crippen molar-refractivity contribution < 1.29 is 14.0 Å². The zero-order chi connectivity index (χ0) is 20.7. The van der Waals surface area contributed by atoms with Crippen molar-refractivity contribution in [1.29, 1.82) is 0 Å². The average molecular weight is 406 g/mol. The molecular weight excluding hydrogens is 383 g/mol. The maximum Gasteiger partial charge on any atom is 0.229 e. The lowest BCUT2D eigenvalue weighted by Crippen LogP contribution is -2.42. The number of carbonyl (C=O) groups excluding carboxylic acids is 2. The molecule has 7 heteroatoms. The topological polar surface area (TPSA) is 69.3 Å². The van der Waals surface area contributed by atoms with E-state index in [9.17, 15) is 14.0 Å². The van der Waals surface area contributed by atoms with Crippen LogP contribution < -0.4 is 4.90 Å². The third-order valence-electron chi connectivity index (χ3n) is 6.33. The van der Waals surface area contributed by atoms with Gasteiger partial charge >= 0.3 is 0 Å². The van der Waals surface area contributed by atoms with E-state index in [2.05, 4.69) is 22.3 Å². The van der Waals surface area contributed by atoms with Crippen molar-refractivity contribution >= 4 is 28.5 Å². The number of carbonyl (C=O) groups is 2. The molecule has 30 heavy (non-hydrogen) atoms. The van der Waals surface area contributed by atoms with Gasteiger partial charge in [0.2, 0.25) is 11.8 Å². The van der Waals surface area contributed by atoms with Gasteiger partial charge in [-0.05, 0) is 36.5 Å². The molecule has 2 aliphatic rings. The number of fused-ring (bicyclic) bond motifs is 1. The van der Waals surface area contributed by atoms with Crippen LogP contribution in [-0.2, 0) is 9.59 Å². The summed E-state index contributed by atoms with van der Waals surface area (Å²) in [7, 11) is 0. The SMILES string of the molecule is O=C([C@@H]1CC(=O)N(c2n[nH]c3cccc(F)c23)C1)N1CCC(c2ccccc2)CC1. The minimum atomic E-state index is -0.429. The number of H-pyrrole nitrogens is 1. The standard InChI is InChI=1S/C23H23FN4O2/c24-18-7-4-8-19-21(18)22(26-25-19)28-14-17(13-20(28)29)23(30)27-11-9-16(10-12-27)15-5-2-1-3-6-15/h1-8,16-17H,9-14H2,(H,25,26)/t17-/m1/s1. The molecule has 3 aromatic rings. The molecule has 0 saturated carbocycles. The van der Waals surface area contributed by atoms with Gasteiger partial charge in [-0.25, -0.2) is 4.39 Å². The highest BCUT2D eigenvalue weighted by atomic mass is 19.1. The van der Waals surface area contributed by atoms with Gasteiger partial charge in [0, 0.05) is 26.1 Å². The number of piperidine rings is 1. The number of anilines is 1. The predicted octanol–water partition coefficient (Wildman–Crippen LogP) is 3.46. The van der Waals surface area contributed by atoms with E-state index in [4.69, 9.17) is 0 Å². The van der Waals surface area contributed by atoms with E-state index in [0.717, 1.165) is 12.8 Å². The molecule has 2 aliphatic heterocycles. The second-order valence-electron chi connectivity index (χ2n) is 8.13. The summed E-state index contributed by atoms with van der Waals surface area (Å²) in [6, 6.07) is 15.1. The molecular formula is C23H23FN4O2. The molecule has 0 radical (unpaired) electrons. The van der Waals surface area contributed by atoms with Crippen LogP contribution in [0.4, 0.5) is 10.2 Å². The number of aromatic nitrogens is 2. The molecule has 2 fully saturated rings. The Bertz CT molecular complexity index is 1090. The number of rotatable bonds is 3. The van der Waals surface area contributed by atoms with Gasteiger partial charge in [0.1, 0.15) is 5.82 Å². The van der Waals surface area contributed by atoms with Crippen LogP contribution in [0.15, 0.2) is 48.5 Å². The molecule has 0 bridgehead atoms. The number of amides is 2. The van der Waals surface area contributed by atoms with Crippen LogP contribution in [-0.4, -0.2) is 46.5 Å². The maximum absolute atomic E-state index is 14.3. The monoisotopic (exact) mass is 406 g/mol. The highest BCUT2D eigenvalue weighted by Crippen LogP contribution is 2.33. The summed E-state index contributed by atoms with van der Waals surface area (Å²) in [5, 5.41) is 7.22. The first-order valence-electron chi connectivity index (χ1n) is 10.4. The van der Waals surface area contributed by atoms with E-state index in [1.807, 2.05) is 23.1 Å². The molecule has 1 aromatic heterocycles. The molecule has 1 atom stereocenters. The van der Waals surface area contributed by atoms with Gasteiger partial charge in [-0.3, -0.25) is 19.6 Å². The highest BCUT2D eigenvalue weighted by molar-refractivity contribution is 6.05. The van der Waals surface area contributed by atoms with Crippen LogP contribution in [0.25, 0.3) is 10.9 Å². The molecule has 3 heterocycles. The molecule has 5 rings (SSSR count). The number of hydrogen-bond donors (Lipinski definition) is 1. The minimum Gasteiger partial charge on any atom is -0.342 e. The van der Waals surface area contributed by atoms with Crippen molar-refractivity contribution in [2.75, 3.05) is 24.5 Å². The summed E-state index contributed by atoms with van der Waals surface area (Å²) >= 11 is 0. The van der Waals surface area contributed by atoms with E-state index in [-0.39, 0.29) is 30.6 Å². The molecule has 0 spiro atoms. The number of nitrogens with one attached hydrogen (secondary N) is 1. The fraction of sp³-hybridized carbons (Fsp3) is 0.348. The number of aromatic amines is 1. The van der Waals surface area contributed by atoms with Gasteiger partial charge in [-0.15, -0.1) is 0 Å². The summed E-state index contributed by atoms with van der Waals surface area (Å²) in [4.78, 5) is 29.0. The van der Waals surface area contributed by atoms with Crippen molar-refractivity contribution in [2.24, 2.45) is 5.92 Å². The number of benzene rings is 2. The highest BCUT2D eigenvalue weighted by Gasteiger charge is 2.39. The molecule has 6 nitrogen and oxygen atoms in total. The summed E-state index contributed by atoms with van der Waals surface area (Å²) < 4.78 is 14.3. The second kappa shape index (κ2) is 7.55. The minimum absolute atomic E-state index is 0.0117. The summed E-state index contributed by atoms with van der Waals surface area (Å²) in [5.41, 5.74) is 1.86. The zero-order valence-corrected chi connectivity index (χ0v) is 16.6. The fourth-order valence-corrected chi connectivity index (χ4v) is 4.70. The first kappa shape index (κ1) is 18.8. The zero-order valence-electron chi connectivity index (χ0n) is 16.6. The predicted molar refractivity (Wildman–Crippen MR) is 112 cm³/mol. The average Bonchev–Trinajstić information content (AvgIpc) is 3.38. The Morgan fingerprint density at radius 2 is 1.83 bits per heavy atom. The van der Waals surface area contributed by atoms with Crippen LogP contribution in [0.1, 0.15) is 30.7 Å². The Morgan fingerprint density at radius 1 is 1.07 bits per heavy atom. The van der Waals surface area contributed by atoms with E-state index < -0.39 is 11.7 Å². The number of likely N-dealkylation sites (tertiary alicyclic amines) is 1. The smallest absolute Gasteiger partial charge is 0.229 e. The Morgan fingerprint density at radius 3 is 2.60 bits per heavy atom. The van der Waals surface area contributed by atoms with Crippen LogP contribution >= 0.6 is 0 Å². The Hall–Kier alpha value is -3.22. The van der Waals surface area contributed by atoms with Gasteiger partial charge in [0.25, 0.3) is 0 Å². The molecule has 2 amide bonds. The van der Waals surface area contributed by atoms with Gasteiger partial charge in [0.15, 0.2) is 5.82 Å². The Labute approximate surface area is 173 Å². The normalized spacial score (nSPS) is 20.3. The molecule has 2 aromatic carbocycles. The third kappa shape index (κ3) is 3.24. The van der Waals surface area contributed by atoms with Crippen LogP contribution in [0.3, 0.4) is 0 Å². The largest absolute Gasteiger partial charge is 0.342 e. The van der Waals surface area contributed by atoms with E-state index in [1.165, 1.54) is 16.5 Å². The van der Waals surface area contributed by atoms with Crippen molar-refractivity contribution in [1.82, 2.24) is 15.1 Å². The van der Waals surface area contributed by atoms with Gasteiger partial charge < -0.3 is 4.90 Å². The first-order valence-corrected chi connectivity index (χ1v) is 10.4. The quantitative estimate of drug-likeness (QED) is 0.724. The summed E-state index contributed by atoms with van der Waals surface area (Å²) in [5.74, 6) is -0.283. The number of hydrogen-bond acceptors (Lipinski definition) is 3. The van der Waals surface area contributed by atoms with Gasteiger partial charge in [-0.2, -0.15) is 5.10 Å². The van der Waals surface area contributed by atoms with Crippen molar-refractivity contribution in [2.45, 2.75) is 25.2 Å². The second-order valence-corrected chi connectivity index (χ2v) is 8.13. The molecule has 1 N–H and O–H groups in total. The van der Waals surface area contributed by atoms with Crippen molar-refractivity contribution in [3.05, 3.63) is 59.9 Å². The van der Waals surface area contributed by atoms with Crippen LogP contribution in [0, 0.1) is 11.7 Å². The lowest BCUT2D eigenvalue weighted by atomic mass is 9.89. The van der Waals surface area contributed by atoms with Crippen LogP contribution in [0.5, 0.6) is 0 Å². The number of nitrogens with zero attached hydrogens (tertiary/aromatic N) is 3. The Kier molecular flexibility index (Phi) is 4.73. The summed E-state index contributed by atoms with van der Waals surface area (Å²) in [6.07, 6.45) is 1.99. The Balaban J connectivity index is 1.27. The van der Waals surface area contributed by atoms with E-state index >= 15 is 0 Å². The summed E-state index contributed by atoms with van der Waals surface area (Å²) in [6.45, 7) is 1.64. The maximum atomic E-state index is 14.3. The lowest BCUT2D eigenvalue weighted by Gasteiger charge is -2.33. The van der Waals surface area contributed by atoms with Gasteiger partial charge in [-0.1, -0.05) is 36.4 Å². The van der Waals surface area contributed by atoms with Crippen molar-refractivity contribution in [3.63, 3.8) is 0 Å². The van der Waals surface area contributed by atoms with Gasteiger partial charge in [0.05, 0.1) is 16.8 Å². The number of halogens is 1. The molecule has 0 aliphatic carbocycles. The first-order chi connectivity index (χ1) is 14.6. The third-order valence-corrected chi connectivity index (χ3v) is 6.33. The van der Waals surface area contributed by atoms with Crippen LogP contribution in [0.2, 0.25) is 0 Å². The molecule has 2 saturated heterocycles. The molecule has 154 valence electrons. The van der Waals surface area contributed by atoms with E-state index in [1.54, 1.807) is 12.1 Å². The van der Waals surface area contributed by atoms with E-state index in [0.29, 0.717) is 29.9 Å². The fourth-order valence-electron chi connectivity index (χ4n) is 4.70. The lowest BCUT2D eigenvalue weighted by molar-refractivity contribution is -0.136.